The first-order valence-corrected chi connectivity index (χ1v) is 8.47. The van der Waals surface area contributed by atoms with Gasteiger partial charge in [0.1, 0.15) is 18.2 Å². The summed E-state index contributed by atoms with van der Waals surface area (Å²) in [6, 6.07) is 0. The smallest absolute Gasteiger partial charge is 1.00 e. The van der Waals surface area contributed by atoms with E-state index < -0.39 is 0 Å². The van der Waals surface area contributed by atoms with Gasteiger partial charge >= 0.3 is 103 Å². The van der Waals surface area contributed by atoms with Crippen molar-refractivity contribution in [3.8, 4) is 0 Å². The first-order valence-electron chi connectivity index (χ1n) is 8.47. The zero-order chi connectivity index (χ0) is 17.2. The van der Waals surface area contributed by atoms with Gasteiger partial charge in [0.2, 0.25) is 0 Å². The van der Waals surface area contributed by atoms with E-state index in [1.165, 1.54) is 18.7 Å². The summed E-state index contributed by atoms with van der Waals surface area (Å²) in [7, 11) is 4.05. The van der Waals surface area contributed by atoms with Gasteiger partial charge in [0, 0.05) is 47.6 Å². The van der Waals surface area contributed by atoms with Crippen LogP contribution in [-0.2, 0) is 18.3 Å². The Bertz CT molecular complexity index is 526. The van der Waals surface area contributed by atoms with Crippen LogP contribution in [0.25, 0.3) is 0 Å². The summed E-state index contributed by atoms with van der Waals surface area (Å²) < 4.78 is 9.27. The van der Waals surface area contributed by atoms with Crippen LogP contribution in [0.4, 0.5) is 0 Å². The number of hydrogen-bond donors (Lipinski definition) is 0. The molecule has 150 valence electrons. The van der Waals surface area contributed by atoms with Gasteiger partial charge in [-0.15, -0.1) is 0 Å². The van der Waals surface area contributed by atoms with Gasteiger partial charge < -0.3 is 40.8 Å². The molecule has 1 fully saturated rings. The Balaban J connectivity index is -0.0000000637. The molecular weight excluding hydrogens is 437 g/mol. The Kier molecular flexibility index (Phi) is 28.8. The van der Waals surface area contributed by atoms with Gasteiger partial charge in [0.05, 0.1) is 13.6 Å². The number of imidazole rings is 1. The van der Waals surface area contributed by atoms with Gasteiger partial charge in [-0.3, -0.25) is 0 Å². The van der Waals surface area contributed by atoms with Crippen molar-refractivity contribution < 1.29 is 140 Å². The Morgan fingerprint density at radius 2 is 1.70 bits per heavy atom. The van der Waals surface area contributed by atoms with Crippen LogP contribution in [0, 0.1) is 6.92 Å². The second kappa shape index (κ2) is 21.3. The summed E-state index contributed by atoms with van der Waals surface area (Å²) in [5.41, 5.74) is 0. The van der Waals surface area contributed by atoms with Crippen molar-refractivity contribution in [1.29, 1.82) is 0 Å². The maximum Gasteiger partial charge on any atom is 1.00 e. The summed E-state index contributed by atoms with van der Waals surface area (Å²) in [6.07, 6.45) is 10.8. The summed E-state index contributed by atoms with van der Waals surface area (Å²) in [5.74, 6) is 2.36. The minimum Gasteiger partial charge on any atom is -1.00 e. The van der Waals surface area contributed by atoms with Crippen LogP contribution in [0.2, 0.25) is 0 Å². The van der Waals surface area contributed by atoms with Crippen LogP contribution in [0.1, 0.15) is 35.4 Å². The predicted octanol–water partition coefficient (Wildman–Crippen LogP) is -8.99. The molecular formula is C18H36Cl2K2N4O. The maximum absolute atomic E-state index is 4.94. The molecule has 3 rings (SSSR count). The Morgan fingerprint density at radius 1 is 1.15 bits per heavy atom. The van der Waals surface area contributed by atoms with Gasteiger partial charge in [0.25, 0.3) is 5.82 Å². The van der Waals surface area contributed by atoms with E-state index in [4.69, 9.17) is 4.74 Å². The zero-order valence-electron chi connectivity index (χ0n) is 19.2. The molecule has 3 heterocycles. The van der Waals surface area contributed by atoms with Crippen molar-refractivity contribution in [2.45, 2.75) is 40.2 Å². The number of nitrogens with zero attached hydrogens (tertiary/aromatic N) is 4. The number of halogens is 2. The van der Waals surface area contributed by atoms with E-state index in [1.807, 2.05) is 24.3 Å². The summed E-state index contributed by atoms with van der Waals surface area (Å²) in [5, 5.41) is 0. The Labute approximate surface area is 266 Å². The van der Waals surface area contributed by atoms with Crippen LogP contribution in [-0.4, -0.2) is 41.2 Å². The van der Waals surface area contributed by atoms with Crippen LogP contribution < -0.4 is 132 Å². The van der Waals surface area contributed by atoms with Gasteiger partial charge in [-0.25, -0.2) is 9.13 Å². The van der Waals surface area contributed by atoms with Crippen molar-refractivity contribution in [1.82, 2.24) is 14.4 Å². The van der Waals surface area contributed by atoms with E-state index in [0.717, 1.165) is 32.1 Å². The fraction of sp³-hybridized carbons (Fsp3) is 0.611. The third kappa shape index (κ3) is 13.9. The molecule has 9 heteroatoms. The van der Waals surface area contributed by atoms with Crippen molar-refractivity contribution >= 4 is 0 Å². The van der Waals surface area contributed by atoms with Gasteiger partial charge in [-0.1, -0.05) is 6.58 Å². The fourth-order valence-corrected chi connectivity index (χ4v) is 2.29. The molecule has 0 atom stereocenters. The number of ether oxygens (including phenoxy) is 1. The van der Waals surface area contributed by atoms with Crippen molar-refractivity contribution in [2.75, 3.05) is 26.8 Å². The topological polar surface area (TPSA) is 24.5 Å². The SMILES string of the molecule is C1CCOC1.C=C1N(C)C=CN1CC.CCn1cc[n+](C)c1C.[Cl-].[Cl-].[H-].[HH].[K+].[K+]. The Hall–Kier alpha value is 2.10. The second-order valence-corrected chi connectivity index (χ2v) is 5.67. The molecule has 5 nitrogen and oxygen atoms in total. The van der Waals surface area contributed by atoms with Crippen molar-refractivity contribution in [3.05, 3.63) is 43.0 Å². The summed E-state index contributed by atoms with van der Waals surface area (Å²) >= 11 is 0. The van der Waals surface area contributed by atoms with Crippen LogP contribution >= 0.6 is 0 Å². The first-order chi connectivity index (χ1) is 11.0. The minimum atomic E-state index is 0. The molecule has 0 aliphatic carbocycles. The largest absolute Gasteiger partial charge is 1.00 e. The van der Waals surface area contributed by atoms with Crippen molar-refractivity contribution in [3.63, 3.8) is 0 Å². The average Bonchev–Trinajstić information content (AvgIpc) is 3.28. The fourth-order valence-electron chi connectivity index (χ4n) is 2.29. The molecule has 0 amide bonds. The molecule has 2 aliphatic rings. The third-order valence-corrected chi connectivity index (χ3v) is 4.11. The van der Waals surface area contributed by atoms with Gasteiger partial charge in [-0.05, 0) is 26.7 Å². The average molecular weight is 474 g/mol. The molecule has 1 aromatic rings. The van der Waals surface area contributed by atoms with Crippen LogP contribution in [0.5, 0.6) is 0 Å². The van der Waals surface area contributed by atoms with Crippen LogP contribution in [0.15, 0.2) is 37.2 Å². The molecule has 2 aliphatic heterocycles. The zero-order valence-corrected chi connectivity index (χ0v) is 26.0. The van der Waals surface area contributed by atoms with E-state index in [1.54, 1.807) is 0 Å². The van der Waals surface area contributed by atoms with E-state index in [2.05, 4.69) is 60.8 Å². The summed E-state index contributed by atoms with van der Waals surface area (Å²) in [6.45, 7) is 14.3. The maximum atomic E-state index is 4.94. The van der Waals surface area contributed by atoms with Gasteiger partial charge in [0.15, 0.2) is 0 Å². The minimum absolute atomic E-state index is 0. The molecule has 0 N–H and O–H groups in total. The molecule has 0 radical (unpaired) electrons. The van der Waals surface area contributed by atoms with E-state index in [0.29, 0.717) is 0 Å². The molecule has 0 unspecified atom stereocenters. The quantitative estimate of drug-likeness (QED) is 0.315. The second-order valence-electron chi connectivity index (χ2n) is 5.67. The van der Waals surface area contributed by atoms with Crippen LogP contribution in [0.3, 0.4) is 0 Å². The van der Waals surface area contributed by atoms with Crippen molar-refractivity contribution in [2.24, 2.45) is 7.05 Å². The molecule has 27 heavy (non-hydrogen) atoms. The number of aryl methyl sites for hydroxylation is 2. The molecule has 1 saturated heterocycles. The Morgan fingerprint density at radius 3 is 1.89 bits per heavy atom. The number of hydrogen-bond acceptors (Lipinski definition) is 3. The van der Waals surface area contributed by atoms with E-state index >= 15 is 0 Å². The number of aromatic nitrogens is 2. The summed E-state index contributed by atoms with van der Waals surface area (Å²) in [4.78, 5) is 4.10. The van der Waals surface area contributed by atoms with Gasteiger partial charge in [-0.2, -0.15) is 0 Å². The molecule has 0 saturated carbocycles. The molecule has 0 spiro atoms. The third-order valence-electron chi connectivity index (χ3n) is 4.11. The molecule has 0 bridgehead atoms. The monoisotopic (exact) mass is 472 g/mol. The number of rotatable bonds is 2. The first kappa shape index (κ1) is 36.5. The van der Waals surface area contributed by atoms with E-state index in [9.17, 15) is 0 Å². The molecule has 0 aromatic carbocycles. The predicted molar refractivity (Wildman–Crippen MR) is 97.7 cm³/mol. The van der Waals surface area contributed by atoms with E-state index in [-0.39, 0.29) is 130 Å². The normalized spacial score (nSPS) is 13.7. The molecule has 1 aromatic heterocycles. The standard InChI is InChI=1S/C7H13N2.C7H12N2.C4H8O.2ClH.2K.H2.H/c2*1-4-9-6-5-8(3)7(9)2;1-2-4-5-3-1;;;;;;/h5-6H,4H2,1-3H3;5-6H,2,4H2,1,3H3;1-4H2;2*1H;;;1H;/q+1;;;;;2*+1;;-1/p-2.